The maximum absolute atomic E-state index is 13.2. The third-order valence-corrected chi connectivity index (χ3v) is 4.10. The molecule has 1 heterocycles. The smallest absolute Gasteiger partial charge is 0.305 e. The second-order valence-electron chi connectivity index (χ2n) is 5.10. The topological polar surface area (TPSA) is 56.2 Å². The summed E-state index contributed by atoms with van der Waals surface area (Å²) in [5.41, 5.74) is -0.367. The summed E-state index contributed by atoms with van der Waals surface area (Å²) in [6.07, 6.45) is 1.85. The maximum Gasteiger partial charge on any atom is 0.324 e. The first-order valence-electron chi connectivity index (χ1n) is 6.09. The SMILES string of the molecule is CC1(c2ccc(F)cc2Cl)C(=N)NC(=O)N1C1CC1. The lowest BCUT2D eigenvalue weighted by Gasteiger charge is -2.34. The quantitative estimate of drug-likeness (QED) is 0.860. The summed E-state index contributed by atoms with van der Waals surface area (Å²) in [6.45, 7) is 1.77. The van der Waals surface area contributed by atoms with Crippen molar-refractivity contribution in [2.24, 2.45) is 0 Å². The third kappa shape index (κ3) is 1.72. The Kier molecular flexibility index (Phi) is 2.57. The van der Waals surface area contributed by atoms with Crippen molar-refractivity contribution in [3.63, 3.8) is 0 Å². The van der Waals surface area contributed by atoms with Crippen molar-refractivity contribution in [3.8, 4) is 0 Å². The van der Waals surface area contributed by atoms with Crippen LogP contribution in [0, 0.1) is 11.2 Å². The summed E-state index contributed by atoms with van der Waals surface area (Å²) >= 11 is 6.10. The van der Waals surface area contributed by atoms with E-state index in [1.54, 1.807) is 17.9 Å². The van der Waals surface area contributed by atoms with E-state index in [-0.39, 0.29) is 22.9 Å². The van der Waals surface area contributed by atoms with Crippen LogP contribution in [-0.4, -0.2) is 22.8 Å². The van der Waals surface area contributed by atoms with Gasteiger partial charge in [-0.25, -0.2) is 9.18 Å². The molecule has 1 aromatic rings. The van der Waals surface area contributed by atoms with Crippen molar-refractivity contribution in [1.29, 1.82) is 5.41 Å². The van der Waals surface area contributed by atoms with Gasteiger partial charge in [-0.2, -0.15) is 0 Å². The van der Waals surface area contributed by atoms with Crippen LogP contribution in [-0.2, 0) is 5.54 Å². The van der Waals surface area contributed by atoms with Crippen molar-refractivity contribution in [2.45, 2.75) is 31.3 Å². The molecule has 1 aliphatic carbocycles. The summed E-state index contributed by atoms with van der Waals surface area (Å²) in [5.74, 6) is -0.350. The normalized spacial score (nSPS) is 26.8. The molecule has 4 nitrogen and oxygen atoms in total. The lowest BCUT2D eigenvalue weighted by Crippen LogP contribution is -2.45. The molecule has 0 radical (unpaired) electrons. The van der Waals surface area contributed by atoms with Gasteiger partial charge in [0, 0.05) is 16.6 Å². The van der Waals surface area contributed by atoms with E-state index < -0.39 is 11.4 Å². The summed E-state index contributed by atoms with van der Waals surface area (Å²) in [4.78, 5) is 13.6. The van der Waals surface area contributed by atoms with Gasteiger partial charge in [-0.15, -0.1) is 0 Å². The van der Waals surface area contributed by atoms with Crippen LogP contribution in [0.15, 0.2) is 18.2 Å². The van der Waals surface area contributed by atoms with Gasteiger partial charge < -0.3 is 4.90 Å². The minimum Gasteiger partial charge on any atom is -0.305 e. The molecule has 1 unspecified atom stereocenters. The summed E-state index contributed by atoms with van der Waals surface area (Å²) in [6, 6.07) is 3.91. The Hall–Kier alpha value is -1.62. The molecule has 1 atom stereocenters. The zero-order valence-corrected chi connectivity index (χ0v) is 11.1. The van der Waals surface area contributed by atoms with E-state index in [0.29, 0.717) is 5.56 Å². The number of hydrogen-bond donors (Lipinski definition) is 2. The molecule has 3 rings (SSSR count). The van der Waals surface area contributed by atoms with Crippen LogP contribution in [0.2, 0.25) is 5.02 Å². The first-order chi connectivity index (χ1) is 8.94. The van der Waals surface area contributed by atoms with Crippen LogP contribution >= 0.6 is 11.6 Å². The number of amidine groups is 1. The number of benzene rings is 1. The average Bonchev–Trinajstić information content (AvgIpc) is 3.09. The van der Waals surface area contributed by atoms with E-state index >= 15 is 0 Å². The third-order valence-electron chi connectivity index (χ3n) is 3.79. The minimum atomic E-state index is -0.941. The molecule has 1 aliphatic heterocycles. The van der Waals surface area contributed by atoms with E-state index in [1.807, 2.05) is 0 Å². The number of nitrogens with one attached hydrogen (secondary N) is 2. The average molecular weight is 282 g/mol. The van der Waals surface area contributed by atoms with Gasteiger partial charge >= 0.3 is 6.03 Å². The van der Waals surface area contributed by atoms with Gasteiger partial charge in [-0.1, -0.05) is 17.7 Å². The van der Waals surface area contributed by atoms with Crippen molar-refractivity contribution in [3.05, 3.63) is 34.6 Å². The second-order valence-corrected chi connectivity index (χ2v) is 5.51. The van der Waals surface area contributed by atoms with E-state index in [0.717, 1.165) is 12.8 Å². The van der Waals surface area contributed by atoms with Gasteiger partial charge in [-0.05, 0) is 31.9 Å². The lowest BCUT2D eigenvalue weighted by molar-refractivity contribution is 0.175. The van der Waals surface area contributed by atoms with E-state index in [1.165, 1.54) is 12.1 Å². The number of nitrogens with zero attached hydrogens (tertiary/aromatic N) is 1. The zero-order chi connectivity index (χ0) is 13.8. The zero-order valence-electron chi connectivity index (χ0n) is 10.3. The molecule has 0 aromatic heterocycles. The van der Waals surface area contributed by atoms with E-state index in [9.17, 15) is 9.18 Å². The van der Waals surface area contributed by atoms with Crippen molar-refractivity contribution in [1.82, 2.24) is 10.2 Å². The lowest BCUT2D eigenvalue weighted by atomic mass is 9.90. The van der Waals surface area contributed by atoms with E-state index in [2.05, 4.69) is 5.32 Å². The van der Waals surface area contributed by atoms with Crippen molar-refractivity contribution in [2.75, 3.05) is 0 Å². The van der Waals surface area contributed by atoms with Crippen LogP contribution in [0.1, 0.15) is 25.3 Å². The molecule has 2 amide bonds. The molecule has 0 spiro atoms. The molecule has 19 heavy (non-hydrogen) atoms. The molecule has 2 aliphatic rings. The fraction of sp³-hybridized carbons (Fsp3) is 0.385. The van der Waals surface area contributed by atoms with Gasteiger partial charge in [-0.3, -0.25) is 10.7 Å². The van der Waals surface area contributed by atoms with Crippen LogP contribution in [0.3, 0.4) is 0 Å². The van der Waals surface area contributed by atoms with Crippen LogP contribution < -0.4 is 5.32 Å². The second kappa shape index (κ2) is 3.93. The minimum absolute atomic E-state index is 0.0814. The molecular formula is C13H13ClFN3O. The van der Waals surface area contributed by atoms with Gasteiger partial charge in [0.1, 0.15) is 17.2 Å². The predicted molar refractivity (Wildman–Crippen MR) is 69.9 cm³/mol. The molecule has 1 saturated carbocycles. The first kappa shape index (κ1) is 12.4. The van der Waals surface area contributed by atoms with Crippen molar-refractivity contribution >= 4 is 23.5 Å². The Labute approximate surface area is 115 Å². The monoisotopic (exact) mass is 281 g/mol. The van der Waals surface area contributed by atoms with Crippen molar-refractivity contribution < 1.29 is 9.18 Å². The van der Waals surface area contributed by atoms with E-state index in [4.69, 9.17) is 17.0 Å². The van der Waals surface area contributed by atoms with Gasteiger partial charge in [0.25, 0.3) is 0 Å². The molecule has 1 aromatic carbocycles. The highest BCUT2D eigenvalue weighted by Gasteiger charge is 2.54. The molecular weight excluding hydrogens is 269 g/mol. The molecule has 0 bridgehead atoms. The van der Waals surface area contributed by atoms with Gasteiger partial charge in [0.2, 0.25) is 0 Å². The number of hydrogen-bond acceptors (Lipinski definition) is 2. The maximum atomic E-state index is 13.2. The Bertz CT molecular complexity index is 587. The first-order valence-corrected chi connectivity index (χ1v) is 6.47. The summed E-state index contributed by atoms with van der Waals surface area (Å²) in [7, 11) is 0. The van der Waals surface area contributed by atoms with Crippen LogP contribution in [0.4, 0.5) is 9.18 Å². The largest absolute Gasteiger partial charge is 0.324 e. The Balaban J connectivity index is 2.13. The number of urea groups is 1. The Morgan fingerprint density at radius 1 is 1.53 bits per heavy atom. The van der Waals surface area contributed by atoms with Crippen LogP contribution in [0.5, 0.6) is 0 Å². The number of rotatable bonds is 2. The fourth-order valence-electron chi connectivity index (χ4n) is 2.62. The molecule has 2 N–H and O–H groups in total. The highest BCUT2D eigenvalue weighted by molar-refractivity contribution is 6.32. The summed E-state index contributed by atoms with van der Waals surface area (Å²) in [5, 5.41) is 10.8. The fourth-order valence-corrected chi connectivity index (χ4v) is 2.98. The number of amides is 2. The molecule has 100 valence electrons. The van der Waals surface area contributed by atoms with Crippen LogP contribution in [0.25, 0.3) is 0 Å². The highest BCUT2D eigenvalue weighted by atomic mass is 35.5. The predicted octanol–water partition coefficient (Wildman–Crippen LogP) is 2.86. The molecule has 1 saturated heterocycles. The van der Waals surface area contributed by atoms with Gasteiger partial charge in [0.15, 0.2) is 0 Å². The number of carbonyl (C=O) groups is 1. The standard InChI is InChI=1S/C13H13ClFN3O/c1-13(9-5-2-7(15)6-10(9)14)11(16)17-12(19)18(13)8-3-4-8/h2,5-6,8H,3-4H2,1H3,(H2,16,17,19). The highest BCUT2D eigenvalue weighted by Crippen LogP contribution is 2.43. The molecule has 6 heteroatoms. The summed E-state index contributed by atoms with van der Waals surface area (Å²) < 4.78 is 13.2. The number of halogens is 2. The number of carbonyl (C=O) groups excluding carboxylic acids is 1. The Morgan fingerprint density at radius 2 is 2.21 bits per heavy atom. The van der Waals surface area contributed by atoms with Gasteiger partial charge in [0.05, 0.1) is 0 Å². The Morgan fingerprint density at radius 3 is 2.79 bits per heavy atom. The molecule has 2 fully saturated rings.